The number of unbranched alkanes of at least 4 members (excludes halogenated alkanes) is 2. The van der Waals surface area contributed by atoms with Gasteiger partial charge in [0.15, 0.2) is 24.8 Å². The predicted octanol–water partition coefficient (Wildman–Crippen LogP) is 6.20. The number of benzene rings is 2. The maximum absolute atomic E-state index is 4.75. The fourth-order valence-corrected chi connectivity index (χ4v) is 7.06. The molecule has 0 fully saturated rings. The van der Waals surface area contributed by atoms with Crippen molar-refractivity contribution in [2.24, 2.45) is 17.3 Å². The number of hydrogen-bond acceptors (Lipinski definition) is 4. The molecule has 0 saturated heterocycles. The summed E-state index contributed by atoms with van der Waals surface area (Å²) < 4.78 is 11.5. The summed E-state index contributed by atoms with van der Waals surface area (Å²) in [4.78, 5) is 1.85. The van der Waals surface area contributed by atoms with Crippen LogP contribution in [0.3, 0.4) is 0 Å². The molecule has 4 heterocycles. The Morgan fingerprint density at radius 1 is 0.634 bits per heavy atom. The van der Waals surface area contributed by atoms with Crippen LogP contribution in [-0.2, 0) is 26.7 Å². The number of pyridine rings is 2. The van der Waals surface area contributed by atoms with E-state index in [9.17, 15) is 0 Å². The molecule has 8 heteroatoms. The fourth-order valence-electron chi connectivity index (χ4n) is 5.08. The first kappa shape index (κ1) is 27.3. The minimum absolute atomic E-state index is 0.904. The van der Waals surface area contributed by atoms with Crippen molar-refractivity contribution >= 4 is 43.1 Å². The van der Waals surface area contributed by atoms with Crippen molar-refractivity contribution in [3.63, 3.8) is 0 Å². The van der Waals surface area contributed by atoms with Gasteiger partial charge >= 0.3 is 0 Å². The summed E-state index contributed by atoms with van der Waals surface area (Å²) in [5, 5.41) is 9.44. The summed E-state index contributed by atoms with van der Waals surface area (Å²) in [6.45, 7) is 5.22. The normalized spacial score (nSPS) is 12.6. The van der Waals surface area contributed by atoms with Crippen molar-refractivity contribution in [3.05, 3.63) is 107 Å². The molecule has 6 nitrogen and oxygen atoms in total. The van der Waals surface area contributed by atoms with Crippen LogP contribution in [0.15, 0.2) is 108 Å². The molecular weight excluding hydrogens is 545 g/mol. The Balaban J connectivity index is 1.14. The van der Waals surface area contributed by atoms with E-state index in [2.05, 4.69) is 135 Å². The maximum atomic E-state index is 4.75. The molecule has 0 radical (unpaired) electrons. The molecule has 0 unspecified atom stereocenters. The number of aryl methyl sites for hydroxylation is 4. The molecule has 208 valence electrons. The summed E-state index contributed by atoms with van der Waals surface area (Å²) in [5.74, 6) is 0. The molecule has 0 aliphatic heterocycles. The van der Waals surface area contributed by atoms with E-state index in [1.165, 1.54) is 44.4 Å². The third-order valence-corrected chi connectivity index (χ3v) is 9.61. The number of rotatable bonds is 10. The van der Waals surface area contributed by atoms with Crippen molar-refractivity contribution in [3.8, 4) is 11.1 Å². The van der Waals surface area contributed by atoms with Gasteiger partial charge in [0, 0.05) is 50.7 Å². The Hall–Kier alpha value is -3.88. The molecule has 0 amide bonds. The molecule has 6 aromatic rings. The number of hydrogen-bond donors (Lipinski definition) is 0. The third-order valence-electron chi connectivity index (χ3n) is 7.46. The van der Waals surface area contributed by atoms with Gasteiger partial charge in [-0.3, -0.25) is 0 Å². The van der Waals surface area contributed by atoms with Crippen molar-refractivity contribution < 1.29 is 9.13 Å². The molecule has 0 aliphatic rings. The fraction of sp³-hybridized carbons (Fsp3) is 0.273. The van der Waals surface area contributed by atoms with Crippen molar-refractivity contribution in [2.75, 3.05) is 0 Å². The van der Waals surface area contributed by atoms with Gasteiger partial charge in [0.2, 0.25) is 9.60 Å². The highest BCUT2D eigenvalue weighted by atomic mass is 32.1. The summed E-state index contributed by atoms with van der Waals surface area (Å²) >= 11 is 3.38. The van der Waals surface area contributed by atoms with E-state index < -0.39 is 0 Å². The van der Waals surface area contributed by atoms with Crippen molar-refractivity contribution in [1.29, 1.82) is 0 Å². The molecule has 41 heavy (non-hydrogen) atoms. The standard InChI is InChI=1S/C33H36N6S2/c1-3-4-19-37-22-15-26(16-23-37)27-17-24-38(25-18-27)20-9-10-21-39-29-12-6-8-14-31(29)41-33(39)35-34-32-36(2)28-11-5-7-13-30(28)40-32/h5-8,11-18,22-25H,3-4,9-10,19-21H2,1-2H3/q+2. The van der Waals surface area contributed by atoms with Crippen LogP contribution in [0.5, 0.6) is 0 Å². The Morgan fingerprint density at radius 3 is 1.80 bits per heavy atom. The van der Waals surface area contributed by atoms with E-state index in [4.69, 9.17) is 5.10 Å². The Bertz CT molecular complexity index is 1890. The molecular formula is C33H36N6S2+2. The Kier molecular flexibility index (Phi) is 8.49. The summed E-state index contributed by atoms with van der Waals surface area (Å²) in [6, 6.07) is 25.8. The zero-order valence-corrected chi connectivity index (χ0v) is 25.3. The van der Waals surface area contributed by atoms with Crippen LogP contribution >= 0.6 is 22.7 Å². The molecule has 2 aromatic carbocycles. The third kappa shape index (κ3) is 6.24. The van der Waals surface area contributed by atoms with Gasteiger partial charge in [-0.25, -0.2) is 9.13 Å². The molecule has 0 saturated carbocycles. The second-order valence-electron chi connectivity index (χ2n) is 10.3. The molecule has 0 aliphatic carbocycles. The zero-order valence-electron chi connectivity index (χ0n) is 23.7. The van der Waals surface area contributed by atoms with E-state index in [0.29, 0.717) is 0 Å². The van der Waals surface area contributed by atoms with Crippen LogP contribution < -0.4 is 18.7 Å². The van der Waals surface area contributed by atoms with Gasteiger partial charge in [-0.2, -0.15) is 0 Å². The first-order valence-electron chi connectivity index (χ1n) is 14.4. The Labute approximate surface area is 248 Å². The average molecular weight is 581 g/mol. The number of thiazole rings is 2. The van der Waals surface area contributed by atoms with Gasteiger partial charge in [0.05, 0.1) is 20.4 Å². The van der Waals surface area contributed by atoms with Crippen molar-refractivity contribution in [1.82, 2.24) is 9.13 Å². The number of para-hydroxylation sites is 2. The zero-order chi connectivity index (χ0) is 28.0. The predicted molar refractivity (Wildman–Crippen MR) is 168 cm³/mol. The van der Waals surface area contributed by atoms with E-state index in [1.807, 2.05) is 0 Å². The molecule has 0 spiro atoms. The molecule has 4 aromatic heterocycles. The smallest absolute Gasteiger partial charge is 0.211 e. The number of aromatic nitrogens is 4. The summed E-state index contributed by atoms with van der Waals surface area (Å²) in [7, 11) is 2.06. The highest BCUT2D eigenvalue weighted by Crippen LogP contribution is 2.19. The highest BCUT2D eigenvalue weighted by molar-refractivity contribution is 7.16. The van der Waals surface area contributed by atoms with Crippen LogP contribution in [0.4, 0.5) is 0 Å². The lowest BCUT2D eigenvalue weighted by atomic mass is 10.1. The summed E-state index contributed by atoms with van der Waals surface area (Å²) in [6.07, 6.45) is 13.4. The van der Waals surface area contributed by atoms with Crippen LogP contribution in [0.2, 0.25) is 0 Å². The summed E-state index contributed by atoms with van der Waals surface area (Å²) in [5.41, 5.74) is 4.92. The van der Waals surface area contributed by atoms with Gasteiger partial charge in [0.25, 0.3) is 0 Å². The lowest BCUT2D eigenvalue weighted by Crippen LogP contribution is -2.33. The van der Waals surface area contributed by atoms with Gasteiger partial charge in [-0.15, -0.1) is 10.2 Å². The van der Waals surface area contributed by atoms with E-state index in [-0.39, 0.29) is 0 Å². The Morgan fingerprint density at radius 2 is 1.17 bits per heavy atom. The monoisotopic (exact) mass is 580 g/mol. The van der Waals surface area contributed by atoms with Crippen LogP contribution in [0.1, 0.15) is 32.6 Å². The largest absolute Gasteiger partial charge is 0.318 e. The number of fused-ring (bicyclic) bond motifs is 2. The van der Waals surface area contributed by atoms with Gasteiger partial charge in [-0.1, -0.05) is 60.3 Å². The highest BCUT2D eigenvalue weighted by Gasteiger charge is 2.09. The van der Waals surface area contributed by atoms with Gasteiger partial charge in [0.1, 0.15) is 13.1 Å². The lowest BCUT2D eigenvalue weighted by molar-refractivity contribution is -0.697. The molecule has 0 N–H and O–H groups in total. The topological polar surface area (TPSA) is 42.3 Å². The molecule has 6 rings (SSSR count). The average Bonchev–Trinajstić information content (AvgIpc) is 3.54. The van der Waals surface area contributed by atoms with E-state index >= 15 is 0 Å². The quantitative estimate of drug-likeness (QED) is 0.105. The van der Waals surface area contributed by atoms with Crippen molar-refractivity contribution in [2.45, 2.75) is 52.2 Å². The first-order valence-corrected chi connectivity index (χ1v) is 16.0. The number of nitrogens with zero attached hydrogens (tertiary/aromatic N) is 6. The SMILES string of the molecule is CCCC[n+]1ccc(-c2cc[n+](CCCCn3c(=NN=c4sc5ccccc5n4C)sc4ccccc43)cc2)cc1. The van der Waals surface area contributed by atoms with Gasteiger partial charge < -0.3 is 9.13 Å². The minimum Gasteiger partial charge on any atom is -0.318 e. The lowest BCUT2D eigenvalue weighted by Gasteiger charge is -2.04. The van der Waals surface area contributed by atoms with E-state index in [1.54, 1.807) is 22.7 Å². The second-order valence-corrected chi connectivity index (χ2v) is 12.3. The molecule has 0 bridgehead atoms. The van der Waals surface area contributed by atoms with E-state index in [0.717, 1.165) is 42.1 Å². The van der Waals surface area contributed by atoms with Crippen LogP contribution in [-0.4, -0.2) is 9.13 Å². The first-order chi connectivity index (χ1) is 20.2. The van der Waals surface area contributed by atoms with Crippen LogP contribution in [0, 0.1) is 0 Å². The maximum Gasteiger partial charge on any atom is 0.211 e. The van der Waals surface area contributed by atoms with Crippen LogP contribution in [0.25, 0.3) is 31.6 Å². The van der Waals surface area contributed by atoms with Gasteiger partial charge in [-0.05, 0) is 41.8 Å². The second kappa shape index (κ2) is 12.7. The molecule has 0 atom stereocenters. The minimum atomic E-state index is 0.904.